The van der Waals surface area contributed by atoms with Crippen LogP contribution in [-0.2, 0) is 0 Å². The molecule has 1 rings (SSSR count). The second kappa shape index (κ2) is 4.10. The van der Waals surface area contributed by atoms with Crippen molar-refractivity contribution in [3.63, 3.8) is 0 Å². The maximum atomic E-state index is 11.3. The molecule has 1 aromatic carbocycles. The largest absolute Gasteiger partial charge is 0.398 e. The van der Waals surface area contributed by atoms with E-state index < -0.39 is 0 Å². The summed E-state index contributed by atoms with van der Waals surface area (Å²) >= 11 is 5.76. The van der Waals surface area contributed by atoms with Crippen LogP contribution in [0.1, 0.15) is 16.8 Å². The molecule has 2 nitrogen and oxygen atoms in total. The quantitative estimate of drug-likeness (QED) is 0.458. The van der Waals surface area contributed by atoms with Crippen LogP contribution in [0.5, 0.6) is 0 Å². The Balaban J connectivity index is 2.96. The van der Waals surface area contributed by atoms with Crippen molar-refractivity contribution in [1.82, 2.24) is 0 Å². The summed E-state index contributed by atoms with van der Waals surface area (Å²) in [5.41, 5.74) is 6.55. The minimum atomic E-state index is -0.00287. The van der Waals surface area contributed by atoms with Crippen LogP contribution in [0.25, 0.3) is 0 Å². The monoisotopic (exact) mass is 195 g/mol. The smallest absolute Gasteiger partial charge is 0.166 e. The van der Waals surface area contributed by atoms with Gasteiger partial charge in [0.05, 0.1) is 10.7 Å². The maximum absolute atomic E-state index is 11.3. The number of halogens is 1. The van der Waals surface area contributed by atoms with Gasteiger partial charge in [-0.3, -0.25) is 4.79 Å². The fourth-order valence-electron chi connectivity index (χ4n) is 0.950. The highest BCUT2D eigenvalue weighted by Gasteiger charge is 2.05. The van der Waals surface area contributed by atoms with Crippen molar-refractivity contribution in [1.29, 1.82) is 0 Å². The van der Waals surface area contributed by atoms with Crippen molar-refractivity contribution >= 4 is 23.1 Å². The predicted molar refractivity (Wildman–Crippen MR) is 55.0 cm³/mol. The van der Waals surface area contributed by atoms with Crippen molar-refractivity contribution in [3.8, 4) is 0 Å². The van der Waals surface area contributed by atoms with Gasteiger partial charge in [-0.1, -0.05) is 17.7 Å². The van der Waals surface area contributed by atoms with Gasteiger partial charge in [-0.15, -0.1) is 6.58 Å². The number of hydrogen-bond donors (Lipinski definition) is 1. The summed E-state index contributed by atoms with van der Waals surface area (Å²) in [5, 5.41) is 0.412. The zero-order valence-corrected chi connectivity index (χ0v) is 7.84. The number of nitrogens with two attached hydrogens (primary N) is 1. The van der Waals surface area contributed by atoms with Crippen molar-refractivity contribution in [2.24, 2.45) is 0 Å². The average Bonchev–Trinajstić information content (AvgIpc) is 2.10. The second-order valence-electron chi connectivity index (χ2n) is 2.65. The molecule has 3 heteroatoms. The average molecular weight is 196 g/mol. The van der Waals surface area contributed by atoms with E-state index in [1.807, 2.05) is 0 Å². The van der Waals surface area contributed by atoms with Crippen LogP contribution in [0, 0.1) is 0 Å². The Hall–Kier alpha value is -1.28. The molecule has 0 radical (unpaired) electrons. The molecule has 13 heavy (non-hydrogen) atoms. The third-order valence-electron chi connectivity index (χ3n) is 1.65. The van der Waals surface area contributed by atoms with Gasteiger partial charge in [0.25, 0.3) is 0 Å². The van der Waals surface area contributed by atoms with E-state index in [4.69, 9.17) is 17.3 Å². The third-order valence-corrected chi connectivity index (χ3v) is 1.98. The molecule has 1 aromatic rings. The SMILES string of the molecule is C=CCC(=O)c1ccc(N)c(Cl)c1. The van der Waals surface area contributed by atoms with Gasteiger partial charge >= 0.3 is 0 Å². The Morgan fingerprint density at radius 2 is 2.31 bits per heavy atom. The van der Waals surface area contributed by atoms with E-state index >= 15 is 0 Å². The summed E-state index contributed by atoms with van der Waals surface area (Å²) in [7, 11) is 0. The van der Waals surface area contributed by atoms with Gasteiger partial charge < -0.3 is 5.73 Å². The molecule has 0 bridgehead atoms. The Bertz CT molecular complexity index is 347. The number of carbonyl (C=O) groups excluding carboxylic acids is 1. The minimum Gasteiger partial charge on any atom is -0.398 e. The Morgan fingerprint density at radius 3 is 2.85 bits per heavy atom. The van der Waals surface area contributed by atoms with Crippen LogP contribution in [0.4, 0.5) is 5.69 Å². The Kier molecular flexibility index (Phi) is 3.09. The summed E-state index contributed by atoms with van der Waals surface area (Å²) in [5.74, 6) is -0.00287. The molecule has 0 amide bonds. The van der Waals surface area contributed by atoms with Crippen molar-refractivity contribution < 1.29 is 4.79 Å². The minimum absolute atomic E-state index is 0.00287. The molecule has 0 saturated heterocycles. The number of nitrogen functional groups attached to an aromatic ring is 1. The summed E-state index contributed by atoms with van der Waals surface area (Å²) in [6.07, 6.45) is 1.88. The van der Waals surface area contributed by atoms with E-state index in [0.717, 1.165) is 0 Å². The summed E-state index contributed by atoms with van der Waals surface area (Å²) in [6, 6.07) is 4.86. The lowest BCUT2D eigenvalue weighted by molar-refractivity contribution is 0.0996. The molecule has 0 atom stereocenters. The highest BCUT2D eigenvalue weighted by Crippen LogP contribution is 2.20. The lowest BCUT2D eigenvalue weighted by Crippen LogP contribution is -1.97. The van der Waals surface area contributed by atoms with Crippen molar-refractivity contribution in [2.45, 2.75) is 6.42 Å². The molecule has 2 N–H and O–H groups in total. The first-order valence-corrected chi connectivity index (χ1v) is 4.22. The molecule has 0 aliphatic heterocycles. The van der Waals surface area contributed by atoms with Gasteiger partial charge in [0, 0.05) is 12.0 Å². The normalized spacial score (nSPS) is 9.62. The lowest BCUT2D eigenvalue weighted by Gasteiger charge is -2.00. The van der Waals surface area contributed by atoms with Crippen LogP contribution in [0.3, 0.4) is 0 Å². The molecule has 0 unspecified atom stereocenters. The number of ketones is 1. The summed E-state index contributed by atoms with van der Waals surface area (Å²) in [4.78, 5) is 11.3. The highest BCUT2D eigenvalue weighted by atomic mass is 35.5. The number of Topliss-reactive ketones (excluding diaryl/α,β-unsaturated/α-hetero) is 1. The van der Waals surface area contributed by atoms with Gasteiger partial charge in [0.2, 0.25) is 0 Å². The van der Waals surface area contributed by atoms with Gasteiger partial charge in [-0.05, 0) is 18.2 Å². The molecule has 0 fully saturated rings. The number of rotatable bonds is 3. The number of benzene rings is 1. The van der Waals surface area contributed by atoms with Gasteiger partial charge in [0.1, 0.15) is 0 Å². The molecule has 0 heterocycles. The number of anilines is 1. The molecular formula is C10H10ClNO. The first kappa shape index (κ1) is 9.81. The first-order valence-electron chi connectivity index (χ1n) is 3.84. The van der Waals surface area contributed by atoms with E-state index in [-0.39, 0.29) is 5.78 Å². The van der Waals surface area contributed by atoms with E-state index in [2.05, 4.69) is 6.58 Å². The fraction of sp³-hybridized carbons (Fsp3) is 0.100. The molecular weight excluding hydrogens is 186 g/mol. The molecule has 0 aromatic heterocycles. The highest BCUT2D eigenvalue weighted by molar-refractivity contribution is 6.33. The zero-order chi connectivity index (χ0) is 9.84. The Morgan fingerprint density at radius 1 is 1.62 bits per heavy atom. The first-order chi connectivity index (χ1) is 6.15. The van der Waals surface area contributed by atoms with Crippen LogP contribution < -0.4 is 5.73 Å². The van der Waals surface area contributed by atoms with Crippen LogP contribution in [0.2, 0.25) is 5.02 Å². The van der Waals surface area contributed by atoms with Gasteiger partial charge in [-0.25, -0.2) is 0 Å². The molecule has 0 spiro atoms. The number of carbonyl (C=O) groups is 1. The Labute approximate surface area is 82.0 Å². The van der Waals surface area contributed by atoms with E-state index in [9.17, 15) is 4.79 Å². The summed E-state index contributed by atoms with van der Waals surface area (Å²) < 4.78 is 0. The second-order valence-corrected chi connectivity index (χ2v) is 3.06. The van der Waals surface area contributed by atoms with E-state index in [0.29, 0.717) is 22.7 Å². The standard InChI is InChI=1S/C10H10ClNO/c1-2-3-10(13)7-4-5-9(12)8(11)6-7/h2,4-6H,1,3,12H2. The van der Waals surface area contributed by atoms with Gasteiger partial charge in [-0.2, -0.15) is 0 Å². The van der Waals surface area contributed by atoms with Crippen LogP contribution >= 0.6 is 11.6 Å². The molecule has 0 aliphatic carbocycles. The third kappa shape index (κ3) is 2.33. The summed E-state index contributed by atoms with van der Waals surface area (Å²) in [6.45, 7) is 3.49. The van der Waals surface area contributed by atoms with Crippen molar-refractivity contribution in [3.05, 3.63) is 41.4 Å². The molecule has 0 saturated carbocycles. The van der Waals surface area contributed by atoms with Crippen LogP contribution in [-0.4, -0.2) is 5.78 Å². The molecule has 68 valence electrons. The van der Waals surface area contributed by atoms with Gasteiger partial charge in [0.15, 0.2) is 5.78 Å². The zero-order valence-electron chi connectivity index (χ0n) is 7.09. The van der Waals surface area contributed by atoms with Crippen molar-refractivity contribution in [2.75, 3.05) is 5.73 Å². The number of hydrogen-bond acceptors (Lipinski definition) is 2. The van der Waals surface area contributed by atoms with Crippen LogP contribution in [0.15, 0.2) is 30.9 Å². The topological polar surface area (TPSA) is 43.1 Å². The maximum Gasteiger partial charge on any atom is 0.166 e. The fourth-order valence-corrected chi connectivity index (χ4v) is 1.13. The predicted octanol–water partition coefficient (Wildman–Crippen LogP) is 2.68. The van der Waals surface area contributed by atoms with E-state index in [1.54, 1.807) is 24.3 Å². The lowest BCUT2D eigenvalue weighted by atomic mass is 10.1. The van der Waals surface area contributed by atoms with E-state index in [1.165, 1.54) is 0 Å². The number of allylic oxidation sites excluding steroid dienone is 1. The molecule has 0 aliphatic rings.